The number of ether oxygens (including phenoxy) is 2. The number of rotatable bonds is 5. The topological polar surface area (TPSA) is 133 Å². The third-order valence-corrected chi connectivity index (χ3v) is 6.39. The molecule has 0 bridgehead atoms. The number of halogens is 2. The molecular formula is C14H10Br2K2O8S2. The van der Waals surface area contributed by atoms with E-state index >= 15 is 0 Å². The largest absolute Gasteiger partial charge is 1.00 e. The van der Waals surface area contributed by atoms with E-state index in [1.165, 1.54) is 24.3 Å². The van der Waals surface area contributed by atoms with Crippen LogP contribution in [0.25, 0.3) is 11.1 Å². The predicted molar refractivity (Wildman–Crippen MR) is 96.3 cm³/mol. The van der Waals surface area contributed by atoms with Gasteiger partial charge in [0.1, 0.15) is 30.0 Å². The van der Waals surface area contributed by atoms with E-state index in [4.69, 9.17) is 9.47 Å². The van der Waals surface area contributed by atoms with Gasteiger partial charge in [0, 0.05) is 11.1 Å². The Labute approximate surface area is 264 Å². The Balaban J connectivity index is 0.00000364. The van der Waals surface area contributed by atoms with Crippen molar-refractivity contribution in [1.82, 2.24) is 0 Å². The van der Waals surface area contributed by atoms with Crippen molar-refractivity contribution in [3.8, 4) is 22.6 Å². The van der Waals surface area contributed by atoms with E-state index in [9.17, 15) is 25.9 Å². The molecule has 0 unspecified atom stereocenters. The molecule has 2 aromatic rings. The van der Waals surface area contributed by atoms with E-state index < -0.39 is 30.0 Å². The molecule has 0 heterocycles. The van der Waals surface area contributed by atoms with E-state index in [2.05, 4.69) is 31.9 Å². The van der Waals surface area contributed by atoms with Gasteiger partial charge < -0.3 is 18.6 Å². The number of benzene rings is 2. The Morgan fingerprint density at radius 1 is 0.714 bits per heavy atom. The molecule has 0 aliphatic heterocycles. The summed E-state index contributed by atoms with van der Waals surface area (Å²) in [6.45, 7) is 0. The van der Waals surface area contributed by atoms with Crippen LogP contribution < -0.4 is 112 Å². The Bertz CT molecular complexity index is 1000. The monoisotopic (exact) mass is 606 g/mol. The summed E-state index contributed by atoms with van der Waals surface area (Å²) >= 11 is 6.13. The van der Waals surface area contributed by atoms with Crippen molar-refractivity contribution in [3.05, 3.63) is 33.2 Å². The second-order valence-electron chi connectivity index (χ2n) is 4.82. The van der Waals surface area contributed by atoms with Crippen LogP contribution in [0.5, 0.6) is 11.5 Å². The first-order chi connectivity index (χ1) is 11.9. The average Bonchev–Trinajstić information content (AvgIpc) is 2.52. The van der Waals surface area contributed by atoms with Gasteiger partial charge in [-0.2, -0.15) is 0 Å². The zero-order valence-corrected chi connectivity index (χ0v) is 26.2. The zero-order chi connectivity index (χ0) is 19.9. The Kier molecular flexibility index (Phi) is 12.7. The van der Waals surface area contributed by atoms with Gasteiger partial charge in [0.25, 0.3) is 0 Å². The van der Waals surface area contributed by atoms with Gasteiger partial charge in [0.05, 0.1) is 23.2 Å². The maximum atomic E-state index is 11.8. The fraction of sp³-hybridized carbons (Fsp3) is 0.143. The molecule has 0 saturated heterocycles. The van der Waals surface area contributed by atoms with Crippen LogP contribution in [0.3, 0.4) is 0 Å². The van der Waals surface area contributed by atoms with Gasteiger partial charge >= 0.3 is 103 Å². The molecule has 142 valence electrons. The van der Waals surface area contributed by atoms with Gasteiger partial charge in [-0.15, -0.1) is 0 Å². The Morgan fingerprint density at radius 2 is 1.00 bits per heavy atom. The normalized spacial score (nSPS) is 11.2. The molecular weight excluding hydrogens is 598 g/mol. The van der Waals surface area contributed by atoms with Crippen LogP contribution in [-0.2, 0) is 20.2 Å². The third kappa shape index (κ3) is 6.55. The maximum Gasteiger partial charge on any atom is 1.00 e. The minimum absolute atomic E-state index is 0. The SMILES string of the molecule is COc1c(Br)ccc(-c2ccc(Br)c(OC)c2S(=O)(=O)[O-])c1S(=O)(=O)[O-].[K+].[K+]. The van der Waals surface area contributed by atoms with Crippen LogP contribution in [0.1, 0.15) is 0 Å². The smallest absolute Gasteiger partial charge is 0.744 e. The van der Waals surface area contributed by atoms with Crippen molar-refractivity contribution in [2.45, 2.75) is 9.79 Å². The molecule has 8 nitrogen and oxygen atoms in total. The zero-order valence-electron chi connectivity index (χ0n) is 15.1. The molecule has 2 rings (SSSR count). The van der Waals surface area contributed by atoms with E-state index in [0.717, 1.165) is 14.2 Å². The summed E-state index contributed by atoms with van der Waals surface area (Å²) in [5.41, 5.74) is -0.611. The molecule has 0 radical (unpaired) electrons. The molecule has 0 aromatic heterocycles. The summed E-state index contributed by atoms with van der Waals surface area (Å²) in [5.74, 6) is -0.623. The molecule has 0 N–H and O–H groups in total. The van der Waals surface area contributed by atoms with Crippen molar-refractivity contribution in [2.75, 3.05) is 14.2 Å². The van der Waals surface area contributed by atoms with E-state index in [1.807, 2.05) is 0 Å². The predicted octanol–water partition coefficient (Wildman–Crippen LogP) is -3.29. The summed E-state index contributed by atoms with van der Waals surface area (Å²) in [5, 5.41) is 0. The molecule has 28 heavy (non-hydrogen) atoms. The second-order valence-corrected chi connectivity index (χ2v) is 9.16. The van der Waals surface area contributed by atoms with Gasteiger partial charge in [-0.05, 0) is 44.0 Å². The molecule has 0 aliphatic rings. The van der Waals surface area contributed by atoms with Crippen molar-refractivity contribution < 1.29 is 138 Å². The molecule has 0 amide bonds. The van der Waals surface area contributed by atoms with E-state index in [1.54, 1.807) is 0 Å². The van der Waals surface area contributed by atoms with Gasteiger partial charge in [-0.1, -0.05) is 12.1 Å². The fourth-order valence-electron chi connectivity index (χ4n) is 2.38. The molecule has 0 aliphatic carbocycles. The van der Waals surface area contributed by atoms with Crippen LogP contribution in [0, 0.1) is 0 Å². The van der Waals surface area contributed by atoms with Gasteiger partial charge in [0.2, 0.25) is 0 Å². The summed E-state index contributed by atoms with van der Waals surface area (Å²) in [7, 11) is -7.90. The van der Waals surface area contributed by atoms with Crippen molar-refractivity contribution >= 4 is 52.1 Å². The Morgan fingerprint density at radius 3 is 1.21 bits per heavy atom. The molecule has 0 fully saturated rings. The second kappa shape index (κ2) is 11.8. The summed E-state index contributed by atoms with van der Waals surface area (Å²) in [4.78, 5) is -1.60. The molecule has 14 heteroatoms. The maximum absolute atomic E-state index is 11.8. The fourth-order valence-corrected chi connectivity index (χ4v) is 5.36. The molecule has 0 spiro atoms. The number of hydrogen-bond acceptors (Lipinski definition) is 8. The van der Waals surface area contributed by atoms with Crippen LogP contribution in [0.2, 0.25) is 0 Å². The van der Waals surface area contributed by atoms with Crippen LogP contribution in [0.4, 0.5) is 0 Å². The number of hydrogen-bond donors (Lipinski definition) is 0. The quantitative estimate of drug-likeness (QED) is 0.255. The average molecular weight is 608 g/mol. The first-order valence-electron chi connectivity index (χ1n) is 6.58. The van der Waals surface area contributed by atoms with E-state index in [-0.39, 0.29) is 134 Å². The van der Waals surface area contributed by atoms with E-state index in [0.29, 0.717) is 0 Å². The first kappa shape index (κ1) is 30.1. The molecule has 0 atom stereocenters. The molecule has 2 aromatic carbocycles. The van der Waals surface area contributed by atoms with Crippen LogP contribution >= 0.6 is 31.9 Å². The van der Waals surface area contributed by atoms with Gasteiger partial charge in [-0.25, -0.2) is 16.8 Å². The Hall–Kier alpha value is 2.09. The van der Waals surface area contributed by atoms with Crippen molar-refractivity contribution in [1.29, 1.82) is 0 Å². The summed E-state index contributed by atoms with van der Waals surface area (Å²) < 4.78 is 81.2. The van der Waals surface area contributed by atoms with Crippen LogP contribution in [-0.4, -0.2) is 40.2 Å². The van der Waals surface area contributed by atoms with Gasteiger partial charge in [-0.3, -0.25) is 0 Å². The summed E-state index contributed by atoms with van der Waals surface area (Å²) in [6, 6.07) is 5.10. The summed E-state index contributed by atoms with van der Waals surface area (Å²) in [6.07, 6.45) is 0. The standard InChI is InChI=1S/C14H12Br2O8S2.2K/c1-23-11-9(15)5-3-7(13(11)25(17,18)19)8-4-6-10(16)12(24-2)14(8)26(20,21)22;;/h3-6H,1-2H3,(H,17,18,19)(H,20,21,22);;/q;2*+1/p-2. The van der Waals surface area contributed by atoms with Crippen LogP contribution in [0.15, 0.2) is 43.0 Å². The minimum Gasteiger partial charge on any atom is -0.744 e. The van der Waals surface area contributed by atoms with Crippen molar-refractivity contribution in [2.24, 2.45) is 0 Å². The van der Waals surface area contributed by atoms with Gasteiger partial charge in [0.15, 0.2) is 11.5 Å². The first-order valence-corrected chi connectivity index (χ1v) is 11.0. The van der Waals surface area contributed by atoms with Crippen molar-refractivity contribution in [3.63, 3.8) is 0 Å². The third-order valence-electron chi connectivity index (χ3n) is 3.33. The minimum atomic E-state index is -5.09. The molecule has 0 saturated carbocycles. The number of methoxy groups -OCH3 is 2.